The SMILES string of the molecule is CC(NS(=O)(=O)c1c(N)cccc1F)c1nccs1. The van der Waals surface area contributed by atoms with E-state index in [0.717, 1.165) is 6.07 Å². The molecule has 0 fully saturated rings. The maximum Gasteiger partial charge on any atom is 0.246 e. The number of nitrogens with one attached hydrogen (secondary N) is 1. The van der Waals surface area contributed by atoms with Crippen molar-refractivity contribution in [3.8, 4) is 0 Å². The molecule has 0 bridgehead atoms. The van der Waals surface area contributed by atoms with Crippen molar-refractivity contribution in [2.24, 2.45) is 0 Å². The second kappa shape index (κ2) is 5.24. The Morgan fingerprint density at radius 3 is 2.79 bits per heavy atom. The summed E-state index contributed by atoms with van der Waals surface area (Å²) in [4.78, 5) is 3.48. The van der Waals surface area contributed by atoms with Crippen molar-refractivity contribution >= 4 is 27.0 Å². The highest BCUT2D eigenvalue weighted by molar-refractivity contribution is 7.89. The number of nitrogens with zero attached hydrogens (tertiary/aromatic N) is 1. The number of halogens is 1. The number of nitrogens with two attached hydrogens (primary N) is 1. The monoisotopic (exact) mass is 301 g/mol. The van der Waals surface area contributed by atoms with Gasteiger partial charge in [0, 0.05) is 11.6 Å². The molecular weight excluding hydrogens is 289 g/mol. The fraction of sp³-hybridized carbons (Fsp3) is 0.182. The van der Waals surface area contributed by atoms with Crippen LogP contribution < -0.4 is 10.5 Å². The molecule has 19 heavy (non-hydrogen) atoms. The predicted octanol–water partition coefficient (Wildman–Crippen LogP) is 1.90. The molecule has 2 rings (SSSR count). The van der Waals surface area contributed by atoms with Crippen LogP contribution in [0.15, 0.2) is 34.7 Å². The Balaban J connectivity index is 2.33. The van der Waals surface area contributed by atoms with Crippen molar-refractivity contribution in [3.63, 3.8) is 0 Å². The largest absolute Gasteiger partial charge is 0.398 e. The van der Waals surface area contributed by atoms with Gasteiger partial charge in [-0.2, -0.15) is 0 Å². The molecule has 102 valence electrons. The van der Waals surface area contributed by atoms with Gasteiger partial charge in [-0.05, 0) is 19.1 Å². The number of aromatic nitrogens is 1. The number of hydrogen-bond donors (Lipinski definition) is 2. The van der Waals surface area contributed by atoms with E-state index in [1.165, 1.54) is 23.5 Å². The highest BCUT2D eigenvalue weighted by atomic mass is 32.2. The predicted molar refractivity (Wildman–Crippen MR) is 71.7 cm³/mol. The van der Waals surface area contributed by atoms with E-state index in [1.54, 1.807) is 18.5 Å². The quantitative estimate of drug-likeness (QED) is 0.845. The summed E-state index contributed by atoms with van der Waals surface area (Å²) in [5.74, 6) is -0.876. The van der Waals surface area contributed by atoms with Crippen molar-refractivity contribution in [2.75, 3.05) is 5.73 Å². The number of hydrogen-bond acceptors (Lipinski definition) is 5. The lowest BCUT2D eigenvalue weighted by Gasteiger charge is -2.13. The Morgan fingerprint density at radius 2 is 2.21 bits per heavy atom. The lowest BCUT2D eigenvalue weighted by Crippen LogP contribution is -2.28. The third-order valence-electron chi connectivity index (χ3n) is 2.42. The van der Waals surface area contributed by atoms with E-state index in [0.29, 0.717) is 5.01 Å². The molecule has 1 aromatic heterocycles. The molecule has 2 aromatic rings. The third kappa shape index (κ3) is 2.91. The summed E-state index contributed by atoms with van der Waals surface area (Å²) in [7, 11) is -4.03. The number of anilines is 1. The summed E-state index contributed by atoms with van der Waals surface area (Å²) >= 11 is 1.31. The topological polar surface area (TPSA) is 85.1 Å². The van der Waals surface area contributed by atoms with Gasteiger partial charge in [-0.25, -0.2) is 22.5 Å². The molecule has 1 atom stereocenters. The first kappa shape index (κ1) is 13.9. The summed E-state index contributed by atoms with van der Waals surface area (Å²) in [5, 5.41) is 2.33. The van der Waals surface area contributed by atoms with Crippen molar-refractivity contribution < 1.29 is 12.8 Å². The standard InChI is InChI=1S/C11H12FN3O2S2/c1-7(11-14-5-6-18-11)15-19(16,17)10-8(12)3-2-4-9(10)13/h2-7,15H,13H2,1H3. The van der Waals surface area contributed by atoms with Crippen LogP contribution in [-0.4, -0.2) is 13.4 Å². The van der Waals surface area contributed by atoms with E-state index in [9.17, 15) is 12.8 Å². The minimum Gasteiger partial charge on any atom is -0.398 e. The number of thiazole rings is 1. The average molecular weight is 301 g/mol. The molecule has 8 heteroatoms. The molecule has 5 nitrogen and oxygen atoms in total. The summed E-state index contributed by atoms with van der Waals surface area (Å²) in [6, 6.07) is 3.20. The normalized spacial score (nSPS) is 13.4. The Morgan fingerprint density at radius 1 is 1.47 bits per heavy atom. The molecule has 0 saturated heterocycles. The zero-order valence-corrected chi connectivity index (χ0v) is 11.6. The minimum atomic E-state index is -4.03. The van der Waals surface area contributed by atoms with E-state index < -0.39 is 26.8 Å². The van der Waals surface area contributed by atoms with E-state index in [-0.39, 0.29) is 5.69 Å². The summed E-state index contributed by atoms with van der Waals surface area (Å²) < 4.78 is 40.2. The second-order valence-electron chi connectivity index (χ2n) is 3.87. The zero-order valence-electron chi connectivity index (χ0n) is 10.00. The van der Waals surface area contributed by atoms with Crippen molar-refractivity contribution in [3.05, 3.63) is 40.6 Å². The van der Waals surface area contributed by atoms with Crippen LogP contribution in [0.5, 0.6) is 0 Å². The van der Waals surface area contributed by atoms with Gasteiger partial charge in [0.1, 0.15) is 15.7 Å². The molecule has 1 unspecified atom stereocenters. The molecule has 1 heterocycles. The summed E-state index contributed by atoms with van der Waals surface area (Å²) in [5.41, 5.74) is 5.40. The van der Waals surface area contributed by atoms with E-state index >= 15 is 0 Å². The van der Waals surface area contributed by atoms with Gasteiger partial charge < -0.3 is 5.73 Å². The molecule has 0 aliphatic heterocycles. The van der Waals surface area contributed by atoms with Gasteiger partial charge in [0.25, 0.3) is 0 Å². The average Bonchev–Trinajstić information content (AvgIpc) is 2.80. The van der Waals surface area contributed by atoms with Crippen LogP contribution >= 0.6 is 11.3 Å². The number of rotatable bonds is 4. The van der Waals surface area contributed by atoms with Gasteiger partial charge in [-0.1, -0.05) is 6.07 Å². The minimum absolute atomic E-state index is 0.126. The van der Waals surface area contributed by atoms with Crippen LogP contribution in [-0.2, 0) is 10.0 Å². The van der Waals surface area contributed by atoms with Crippen LogP contribution in [0, 0.1) is 5.82 Å². The maximum atomic E-state index is 13.6. The van der Waals surface area contributed by atoms with Crippen molar-refractivity contribution in [1.29, 1.82) is 0 Å². The molecule has 0 amide bonds. The lowest BCUT2D eigenvalue weighted by atomic mass is 10.3. The highest BCUT2D eigenvalue weighted by Gasteiger charge is 2.25. The van der Waals surface area contributed by atoms with Gasteiger partial charge >= 0.3 is 0 Å². The molecule has 1 aromatic carbocycles. The molecule has 0 aliphatic rings. The van der Waals surface area contributed by atoms with Crippen molar-refractivity contribution in [1.82, 2.24) is 9.71 Å². The number of sulfonamides is 1. The Labute approximate surface area is 114 Å². The van der Waals surface area contributed by atoms with Crippen LogP contribution in [0.2, 0.25) is 0 Å². The van der Waals surface area contributed by atoms with Crippen molar-refractivity contribution in [2.45, 2.75) is 17.9 Å². The maximum absolute atomic E-state index is 13.6. The van der Waals surface area contributed by atoms with Crippen LogP contribution in [0.1, 0.15) is 18.0 Å². The third-order valence-corrected chi connectivity index (χ3v) is 5.01. The highest BCUT2D eigenvalue weighted by Crippen LogP contribution is 2.24. The summed E-state index contributed by atoms with van der Waals surface area (Å²) in [6.45, 7) is 1.63. The molecule has 0 saturated carbocycles. The van der Waals surface area contributed by atoms with Gasteiger partial charge in [0.2, 0.25) is 10.0 Å². The Bertz CT molecular complexity index is 651. The Kier molecular flexibility index (Phi) is 3.83. The number of nitrogen functional groups attached to an aromatic ring is 1. The molecular formula is C11H12FN3O2S2. The van der Waals surface area contributed by atoms with E-state index in [1.807, 2.05) is 0 Å². The first-order valence-electron chi connectivity index (χ1n) is 5.37. The van der Waals surface area contributed by atoms with Gasteiger partial charge in [0.05, 0.1) is 11.7 Å². The smallest absolute Gasteiger partial charge is 0.246 e. The lowest BCUT2D eigenvalue weighted by molar-refractivity contribution is 0.547. The first-order chi connectivity index (χ1) is 8.92. The van der Waals surface area contributed by atoms with Crippen LogP contribution in [0.3, 0.4) is 0 Å². The molecule has 0 radical (unpaired) electrons. The van der Waals surface area contributed by atoms with Gasteiger partial charge in [-0.15, -0.1) is 11.3 Å². The second-order valence-corrected chi connectivity index (χ2v) is 6.45. The fourth-order valence-corrected chi connectivity index (χ4v) is 3.72. The van der Waals surface area contributed by atoms with E-state index in [4.69, 9.17) is 5.73 Å². The molecule has 0 aliphatic carbocycles. The van der Waals surface area contributed by atoms with Gasteiger partial charge in [0.15, 0.2) is 0 Å². The van der Waals surface area contributed by atoms with Crippen LogP contribution in [0.25, 0.3) is 0 Å². The van der Waals surface area contributed by atoms with E-state index in [2.05, 4.69) is 9.71 Å². The van der Waals surface area contributed by atoms with Crippen LogP contribution in [0.4, 0.5) is 10.1 Å². The van der Waals surface area contributed by atoms with Gasteiger partial charge in [-0.3, -0.25) is 0 Å². The molecule has 3 N–H and O–H groups in total. The fourth-order valence-electron chi connectivity index (χ4n) is 1.60. The number of benzene rings is 1. The Hall–Kier alpha value is -1.51. The zero-order chi connectivity index (χ0) is 14.0. The molecule has 0 spiro atoms. The first-order valence-corrected chi connectivity index (χ1v) is 7.74. The summed E-state index contributed by atoms with van der Waals surface area (Å²) in [6.07, 6.45) is 1.57.